The Kier molecular flexibility index (Phi) is 5.44. The molecule has 5 nitrogen and oxygen atoms in total. The average molecular weight is 330 g/mol. The zero-order valence-corrected chi connectivity index (χ0v) is 14.7. The largest absolute Gasteiger partial charge is 0.496 e. The number of Topliss-reactive ketones (excluding diaryl/α,β-unsaturated/α-hetero) is 1. The molecule has 0 bridgehead atoms. The van der Waals surface area contributed by atoms with Crippen LogP contribution in [0.4, 0.5) is 0 Å². The zero-order valence-electron chi connectivity index (χ0n) is 14.7. The molecule has 24 heavy (non-hydrogen) atoms. The van der Waals surface area contributed by atoms with Crippen molar-refractivity contribution in [3.05, 3.63) is 45.3 Å². The van der Waals surface area contributed by atoms with Gasteiger partial charge < -0.3 is 13.9 Å². The highest BCUT2D eigenvalue weighted by molar-refractivity contribution is 6.17. The summed E-state index contributed by atoms with van der Waals surface area (Å²) in [4.78, 5) is 24.8. The van der Waals surface area contributed by atoms with Gasteiger partial charge in [0.05, 0.1) is 19.6 Å². The number of rotatable bonds is 6. The molecule has 0 aliphatic rings. The van der Waals surface area contributed by atoms with Crippen LogP contribution in [0.25, 0.3) is 11.0 Å². The first-order valence-corrected chi connectivity index (χ1v) is 7.87. The molecular weight excluding hydrogens is 308 g/mol. The Morgan fingerprint density at radius 1 is 1.21 bits per heavy atom. The minimum absolute atomic E-state index is 0.216. The van der Waals surface area contributed by atoms with Gasteiger partial charge in [-0.1, -0.05) is 19.4 Å². The highest BCUT2D eigenvalue weighted by Crippen LogP contribution is 2.38. The summed E-state index contributed by atoms with van der Waals surface area (Å²) in [5.41, 5.74) is 1.32. The van der Waals surface area contributed by atoms with Crippen molar-refractivity contribution in [3.8, 4) is 11.5 Å². The second kappa shape index (κ2) is 7.34. The SMILES string of the molecule is C/C=C(\C)C(=O)c1c(OC)cc(OC)c2c(CCC)cc(=O)oc12. The summed E-state index contributed by atoms with van der Waals surface area (Å²) in [6.07, 6.45) is 3.25. The molecular formula is C19H22O5. The number of carbonyl (C=O) groups excluding carboxylic acids is 1. The van der Waals surface area contributed by atoms with Crippen molar-refractivity contribution in [2.75, 3.05) is 14.2 Å². The van der Waals surface area contributed by atoms with E-state index in [1.807, 2.05) is 6.92 Å². The van der Waals surface area contributed by atoms with E-state index in [0.717, 1.165) is 12.0 Å². The third-order valence-electron chi connectivity index (χ3n) is 4.00. The maximum absolute atomic E-state index is 12.8. The zero-order chi connectivity index (χ0) is 17.9. The Morgan fingerprint density at radius 2 is 1.88 bits per heavy atom. The van der Waals surface area contributed by atoms with Crippen LogP contribution in [0.5, 0.6) is 11.5 Å². The van der Waals surface area contributed by atoms with Gasteiger partial charge in [-0.05, 0) is 31.4 Å². The van der Waals surface area contributed by atoms with E-state index >= 15 is 0 Å². The molecule has 0 radical (unpaired) electrons. The van der Waals surface area contributed by atoms with Crippen molar-refractivity contribution in [3.63, 3.8) is 0 Å². The van der Waals surface area contributed by atoms with Crippen molar-refractivity contribution < 1.29 is 18.7 Å². The number of allylic oxidation sites excluding steroid dienone is 2. The van der Waals surface area contributed by atoms with Crippen molar-refractivity contribution in [2.45, 2.75) is 33.6 Å². The van der Waals surface area contributed by atoms with E-state index in [9.17, 15) is 9.59 Å². The van der Waals surface area contributed by atoms with Gasteiger partial charge >= 0.3 is 5.63 Å². The van der Waals surface area contributed by atoms with Crippen LogP contribution in [0, 0.1) is 0 Å². The predicted molar refractivity (Wildman–Crippen MR) is 93.3 cm³/mol. The van der Waals surface area contributed by atoms with E-state index in [4.69, 9.17) is 13.9 Å². The molecule has 5 heteroatoms. The normalized spacial score (nSPS) is 11.6. The summed E-state index contributed by atoms with van der Waals surface area (Å²) in [7, 11) is 3.00. The first-order chi connectivity index (χ1) is 11.5. The number of ketones is 1. The number of ether oxygens (including phenoxy) is 2. The molecule has 0 N–H and O–H groups in total. The number of hydrogen-bond donors (Lipinski definition) is 0. The second-order valence-electron chi connectivity index (χ2n) is 5.50. The highest BCUT2D eigenvalue weighted by atomic mass is 16.5. The van der Waals surface area contributed by atoms with Crippen molar-refractivity contribution in [1.82, 2.24) is 0 Å². The molecule has 0 unspecified atom stereocenters. The van der Waals surface area contributed by atoms with Crippen LogP contribution in [-0.4, -0.2) is 20.0 Å². The molecule has 0 aliphatic heterocycles. The summed E-state index contributed by atoms with van der Waals surface area (Å²) in [5, 5.41) is 0.645. The first-order valence-electron chi connectivity index (χ1n) is 7.87. The lowest BCUT2D eigenvalue weighted by molar-refractivity contribution is 0.103. The highest BCUT2D eigenvalue weighted by Gasteiger charge is 2.24. The van der Waals surface area contributed by atoms with Gasteiger partial charge in [-0.25, -0.2) is 4.79 Å². The van der Waals surface area contributed by atoms with Crippen LogP contribution in [-0.2, 0) is 6.42 Å². The molecule has 0 saturated carbocycles. The first kappa shape index (κ1) is 17.8. The Morgan fingerprint density at radius 3 is 2.42 bits per heavy atom. The Bertz CT molecular complexity index is 858. The summed E-state index contributed by atoms with van der Waals surface area (Å²) in [6.45, 7) is 5.52. The van der Waals surface area contributed by atoms with Gasteiger partial charge in [0.15, 0.2) is 11.4 Å². The third-order valence-corrected chi connectivity index (χ3v) is 4.00. The standard InChI is InChI=1S/C19H22O5/c1-6-8-12-9-15(20)24-19-16(12)13(22-4)10-14(23-5)17(19)18(21)11(3)7-2/h7,9-10H,6,8H2,1-5H3/b11-7+. The van der Waals surface area contributed by atoms with E-state index in [-0.39, 0.29) is 16.9 Å². The second-order valence-corrected chi connectivity index (χ2v) is 5.50. The fourth-order valence-corrected chi connectivity index (χ4v) is 2.69. The molecule has 0 fully saturated rings. The Hall–Kier alpha value is -2.56. The molecule has 1 heterocycles. The summed E-state index contributed by atoms with van der Waals surface area (Å²) in [5.74, 6) is 0.602. The minimum atomic E-state index is -0.492. The van der Waals surface area contributed by atoms with E-state index in [2.05, 4.69) is 0 Å². The fourth-order valence-electron chi connectivity index (χ4n) is 2.69. The molecule has 0 spiro atoms. The van der Waals surface area contributed by atoms with Gasteiger partial charge in [0, 0.05) is 12.1 Å². The molecule has 0 amide bonds. The molecule has 1 aromatic heterocycles. The maximum Gasteiger partial charge on any atom is 0.336 e. The van der Waals surface area contributed by atoms with Gasteiger partial charge in [-0.3, -0.25) is 4.79 Å². The maximum atomic E-state index is 12.8. The lowest BCUT2D eigenvalue weighted by Gasteiger charge is -2.15. The number of hydrogen-bond acceptors (Lipinski definition) is 5. The van der Waals surface area contributed by atoms with Crippen LogP contribution >= 0.6 is 0 Å². The van der Waals surface area contributed by atoms with E-state index < -0.39 is 5.63 Å². The number of benzene rings is 1. The average Bonchev–Trinajstić information content (AvgIpc) is 2.58. The predicted octanol–water partition coefficient (Wildman–Crippen LogP) is 3.91. The Labute approximate surface area is 140 Å². The number of methoxy groups -OCH3 is 2. The summed E-state index contributed by atoms with van der Waals surface area (Å²) >= 11 is 0. The monoisotopic (exact) mass is 330 g/mol. The van der Waals surface area contributed by atoms with E-state index in [1.165, 1.54) is 20.3 Å². The van der Waals surface area contributed by atoms with E-state index in [1.54, 1.807) is 26.0 Å². The van der Waals surface area contributed by atoms with Crippen molar-refractivity contribution in [1.29, 1.82) is 0 Å². The molecule has 0 aliphatic carbocycles. The van der Waals surface area contributed by atoms with Crippen molar-refractivity contribution in [2.24, 2.45) is 0 Å². The third kappa shape index (κ3) is 3.07. The molecule has 2 rings (SSSR count). The molecule has 1 aromatic carbocycles. The molecule has 2 aromatic rings. The number of fused-ring (bicyclic) bond motifs is 1. The van der Waals surface area contributed by atoms with Crippen LogP contribution < -0.4 is 15.1 Å². The summed E-state index contributed by atoms with van der Waals surface area (Å²) < 4.78 is 16.2. The summed E-state index contributed by atoms with van der Waals surface area (Å²) in [6, 6.07) is 3.12. The van der Waals surface area contributed by atoms with Crippen LogP contribution in [0.1, 0.15) is 43.1 Å². The van der Waals surface area contributed by atoms with E-state index in [0.29, 0.717) is 28.9 Å². The van der Waals surface area contributed by atoms with Gasteiger partial charge in [0.2, 0.25) is 0 Å². The molecule has 0 saturated heterocycles. The minimum Gasteiger partial charge on any atom is -0.496 e. The van der Waals surface area contributed by atoms with Gasteiger partial charge in [0.1, 0.15) is 17.1 Å². The van der Waals surface area contributed by atoms with Gasteiger partial charge in [-0.2, -0.15) is 0 Å². The smallest absolute Gasteiger partial charge is 0.336 e. The number of carbonyl (C=O) groups is 1. The van der Waals surface area contributed by atoms with Crippen molar-refractivity contribution >= 4 is 16.8 Å². The topological polar surface area (TPSA) is 65.7 Å². The van der Waals surface area contributed by atoms with Crippen LogP contribution in [0.15, 0.2) is 33.0 Å². The van der Waals surface area contributed by atoms with Gasteiger partial charge in [-0.15, -0.1) is 0 Å². The van der Waals surface area contributed by atoms with Crippen LogP contribution in [0.2, 0.25) is 0 Å². The number of aryl methyl sites for hydroxylation is 1. The quantitative estimate of drug-likeness (QED) is 0.456. The Balaban J connectivity index is 3.00. The van der Waals surface area contributed by atoms with Crippen LogP contribution in [0.3, 0.4) is 0 Å². The molecule has 0 atom stereocenters. The lowest BCUT2D eigenvalue weighted by Crippen LogP contribution is -2.09. The van der Waals surface area contributed by atoms with Gasteiger partial charge in [0.25, 0.3) is 0 Å². The lowest BCUT2D eigenvalue weighted by atomic mass is 9.96. The molecule has 128 valence electrons. The fraction of sp³-hybridized carbons (Fsp3) is 0.368.